The molecule has 0 unspecified atom stereocenters. The molecule has 2 heterocycles. The summed E-state index contributed by atoms with van der Waals surface area (Å²) in [6.45, 7) is 5.86. The Labute approximate surface area is 167 Å². The lowest BCUT2D eigenvalue weighted by atomic mass is 10.0. The number of rotatable bonds is 3. The zero-order valence-electron chi connectivity index (χ0n) is 16.1. The molecule has 2 aromatic rings. The van der Waals surface area contributed by atoms with Crippen molar-refractivity contribution < 1.29 is 18.7 Å². The topological polar surface area (TPSA) is 84.4 Å². The van der Waals surface area contributed by atoms with Gasteiger partial charge >= 0.3 is 6.09 Å². The van der Waals surface area contributed by atoms with Gasteiger partial charge in [0.25, 0.3) is 0 Å². The van der Waals surface area contributed by atoms with Crippen LogP contribution in [0.1, 0.15) is 40.0 Å². The van der Waals surface area contributed by atoms with Crippen LogP contribution in [0.4, 0.5) is 14.3 Å². The monoisotopic (exact) mass is 406 g/mol. The number of amides is 2. The predicted molar refractivity (Wildman–Crippen MR) is 105 cm³/mol. The minimum absolute atomic E-state index is 0.313. The lowest BCUT2D eigenvalue weighted by molar-refractivity contribution is -0.122. The molecule has 9 heteroatoms. The third-order valence-corrected chi connectivity index (χ3v) is 4.82. The highest BCUT2D eigenvalue weighted by molar-refractivity contribution is 7.10. The van der Waals surface area contributed by atoms with Crippen LogP contribution >= 0.6 is 11.5 Å². The van der Waals surface area contributed by atoms with Crippen LogP contribution in [0.15, 0.2) is 24.3 Å². The fourth-order valence-electron chi connectivity index (χ4n) is 2.92. The van der Waals surface area contributed by atoms with E-state index < -0.39 is 17.7 Å². The number of likely N-dealkylation sites (tertiary alicyclic amines) is 1. The maximum Gasteiger partial charge on any atom is 0.410 e. The van der Waals surface area contributed by atoms with Gasteiger partial charge in [-0.25, -0.2) is 9.18 Å². The molecule has 0 spiro atoms. The van der Waals surface area contributed by atoms with Crippen LogP contribution in [0.25, 0.3) is 11.4 Å². The van der Waals surface area contributed by atoms with Crippen molar-refractivity contribution in [3.8, 4) is 11.4 Å². The molecule has 1 N–H and O–H groups in total. The van der Waals surface area contributed by atoms with Crippen molar-refractivity contribution in [2.24, 2.45) is 0 Å². The highest BCUT2D eigenvalue weighted by Crippen LogP contribution is 2.24. The predicted octanol–water partition coefficient (Wildman–Crippen LogP) is 4.07. The van der Waals surface area contributed by atoms with E-state index in [0.717, 1.165) is 24.4 Å². The van der Waals surface area contributed by atoms with Crippen molar-refractivity contribution in [2.45, 2.75) is 51.7 Å². The van der Waals surface area contributed by atoms with Crippen LogP contribution in [-0.4, -0.2) is 44.4 Å². The molecule has 0 bridgehead atoms. The number of nitrogens with one attached hydrogen (secondary N) is 1. The van der Waals surface area contributed by atoms with E-state index in [2.05, 4.69) is 14.7 Å². The Balaban J connectivity index is 1.69. The first-order chi connectivity index (χ1) is 13.2. The lowest BCUT2D eigenvalue weighted by Gasteiger charge is -2.35. The number of carbonyl (C=O) groups excluding carboxylic acids is 2. The second-order valence-corrected chi connectivity index (χ2v) is 8.36. The molecular weight excluding hydrogens is 383 g/mol. The van der Waals surface area contributed by atoms with Crippen LogP contribution in [0, 0.1) is 5.82 Å². The number of aromatic nitrogens is 2. The minimum atomic E-state index is -0.626. The van der Waals surface area contributed by atoms with Gasteiger partial charge in [-0.05, 0) is 64.3 Å². The van der Waals surface area contributed by atoms with E-state index in [9.17, 15) is 14.0 Å². The van der Waals surface area contributed by atoms with Crippen molar-refractivity contribution in [1.82, 2.24) is 14.3 Å². The number of anilines is 1. The molecular formula is C19H23FN4O3S. The second-order valence-electron chi connectivity index (χ2n) is 7.60. The molecule has 28 heavy (non-hydrogen) atoms. The van der Waals surface area contributed by atoms with E-state index in [1.807, 2.05) is 0 Å². The fraction of sp³-hybridized carbons (Fsp3) is 0.474. The first-order valence-corrected chi connectivity index (χ1v) is 9.90. The maximum atomic E-state index is 13.1. The second kappa shape index (κ2) is 8.22. The van der Waals surface area contributed by atoms with E-state index in [-0.39, 0.29) is 11.7 Å². The van der Waals surface area contributed by atoms with Crippen molar-refractivity contribution in [3.05, 3.63) is 30.1 Å². The molecule has 1 fully saturated rings. The molecule has 1 saturated heterocycles. The minimum Gasteiger partial charge on any atom is -0.444 e. The van der Waals surface area contributed by atoms with Crippen molar-refractivity contribution in [2.75, 3.05) is 11.9 Å². The van der Waals surface area contributed by atoms with Crippen LogP contribution < -0.4 is 5.32 Å². The molecule has 1 atom stereocenters. The average Bonchev–Trinajstić information content (AvgIpc) is 3.09. The number of benzene rings is 1. The lowest BCUT2D eigenvalue weighted by Crippen LogP contribution is -2.51. The van der Waals surface area contributed by atoms with Crippen LogP contribution in [0.3, 0.4) is 0 Å². The number of hydrogen-bond acceptors (Lipinski definition) is 6. The molecule has 1 aliphatic rings. The Morgan fingerprint density at radius 1 is 1.25 bits per heavy atom. The Hall–Kier alpha value is -2.55. The summed E-state index contributed by atoms with van der Waals surface area (Å²) in [6.07, 6.45) is 1.76. The molecule has 0 saturated carbocycles. The van der Waals surface area contributed by atoms with Gasteiger partial charge in [0.15, 0.2) is 5.82 Å². The van der Waals surface area contributed by atoms with Crippen molar-refractivity contribution in [3.63, 3.8) is 0 Å². The van der Waals surface area contributed by atoms with Crippen molar-refractivity contribution in [1.29, 1.82) is 0 Å². The number of hydrogen-bond donors (Lipinski definition) is 1. The molecule has 0 radical (unpaired) electrons. The van der Waals surface area contributed by atoms with Gasteiger partial charge in [-0.2, -0.15) is 9.36 Å². The van der Waals surface area contributed by atoms with E-state index in [1.54, 1.807) is 32.9 Å². The summed E-state index contributed by atoms with van der Waals surface area (Å²) in [6, 6.07) is 5.20. The van der Waals surface area contributed by atoms with Gasteiger partial charge in [0.1, 0.15) is 17.5 Å². The molecule has 3 rings (SSSR count). The Morgan fingerprint density at radius 3 is 2.64 bits per heavy atom. The number of halogens is 1. The number of ether oxygens (including phenoxy) is 1. The summed E-state index contributed by atoms with van der Waals surface area (Å²) in [5.41, 5.74) is 0.0324. The van der Waals surface area contributed by atoms with Gasteiger partial charge < -0.3 is 4.74 Å². The van der Waals surface area contributed by atoms with E-state index in [0.29, 0.717) is 29.5 Å². The average molecular weight is 406 g/mol. The summed E-state index contributed by atoms with van der Waals surface area (Å²) < 4.78 is 22.7. The number of nitrogens with zero attached hydrogens (tertiary/aromatic N) is 3. The van der Waals surface area contributed by atoms with E-state index in [4.69, 9.17) is 4.74 Å². The summed E-state index contributed by atoms with van der Waals surface area (Å²) >= 11 is 1.04. The van der Waals surface area contributed by atoms with E-state index >= 15 is 0 Å². The summed E-state index contributed by atoms with van der Waals surface area (Å²) in [5.74, 6) is -0.243. The highest BCUT2D eigenvalue weighted by Gasteiger charge is 2.35. The van der Waals surface area contributed by atoms with E-state index in [1.165, 1.54) is 17.0 Å². The maximum absolute atomic E-state index is 13.1. The van der Waals surface area contributed by atoms with Gasteiger partial charge in [-0.1, -0.05) is 0 Å². The first kappa shape index (κ1) is 20.2. The zero-order chi connectivity index (χ0) is 20.3. The third kappa shape index (κ3) is 5.03. The highest BCUT2D eigenvalue weighted by atomic mass is 32.1. The Morgan fingerprint density at radius 2 is 1.96 bits per heavy atom. The Kier molecular flexibility index (Phi) is 5.93. The smallest absolute Gasteiger partial charge is 0.410 e. The van der Waals surface area contributed by atoms with Crippen LogP contribution in [0.5, 0.6) is 0 Å². The summed E-state index contributed by atoms with van der Waals surface area (Å²) in [7, 11) is 0. The Bertz CT molecular complexity index is 848. The van der Waals surface area contributed by atoms with Crippen molar-refractivity contribution >= 4 is 28.7 Å². The molecule has 0 aliphatic carbocycles. The zero-order valence-corrected chi connectivity index (χ0v) is 16.9. The standard InChI is InChI=1S/C19H23FN4O3S/c1-19(2,3)27-18(26)24-11-5-4-6-14(24)16(25)22-17-21-15(23-28-17)12-7-9-13(20)10-8-12/h7-10,14H,4-6,11H2,1-3H3,(H,21,22,23,25)/t14-/m0/s1. The number of carbonyl (C=O) groups is 2. The molecule has 150 valence electrons. The third-order valence-electron chi connectivity index (χ3n) is 4.19. The van der Waals surface area contributed by atoms with Gasteiger partial charge in [0.05, 0.1) is 0 Å². The SMILES string of the molecule is CC(C)(C)OC(=O)N1CCCC[C@H]1C(=O)Nc1nc(-c2ccc(F)cc2)ns1. The number of piperidine rings is 1. The van der Waals surface area contributed by atoms with Crippen LogP contribution in [0.2, 0.25) is 0 Å². The summed E-state index contributed by atoms with van der Waals surface area (Å²) in [5, 5.41) is 3.08. The fourth-order valence-corrected chi connectivity index (χ4v) is 3.52. The molecule has 1 aromatic heterocycles. The van der Waals surface area contributed by atoms with Gasteiger partial charge in [0, 0.05) is 23.6 Å². The molecule has 1 aliphatic heterocycles. The molecule has 2 amide bonds. The van der Waals surface area contributed by atoms with Gasteiger partial charge in [-0.15, -0.1) is 0 Å². The largest absolute Gasteiger partial charge is 0.444 e. The quantitative estimate of drug-likeness (QED) is 0.831. The first-order valence-electron chi connectivity index (χ1n) is 9.13. The molecule has 7 nitrogen and oxygen atoms in total. The summed E-state index contributed by atoms with van der Waals surface area (Å²) in [4.78, 5) is 31.0. The van der Waals surface area contributed by atoms with Gasteiger partial charge in [-0.3, -0.25) is 15.0 Å². The molecule has 1 aromatic carbocycles. The van der Waals surface area contributed by atoms with Gasteiger partial charge in [0.2, 0.25) is 11.0 Å². The van der Waals surface area contributed by atoms with Crippen LogP contribution in [-0.2, 0) is 9.53 Å². The normalized spacial score (nSPS) is 17.3.